The second-order valence-electron chi connectivity index (χ2n) is 0.785. The fourth-order valence-electron chi connectivity index (χ4n) is 0.0393. The van der Waals surface area contributed by atoms with Gasteiger partial charge in [-0.05, 0) is 6.29 Å². The SMILES string of the molecule is [CH-]=CC(=[CH-])C=O.[Y]. The Morgan fingerprint density at radius 3 is 2.00 bits per heavy atom. The van der Waals surface area contributed by atoms with Crippen molar-refractivity contribution in [1.29, 1.82) is 0 Å². The van der Waals surface area contributed by atoms with Crippen LogP contribution in [-0.2, 0) is 37.5 Å². The van der Waals surface area contributed by atoms with E-state index in [-0.39, 0.29) is 38.3 Å². The molecule has 2 heteroatoms. The van der Waals surface area contributed by atoms with E-state index in [1.54, 1.807) is 0 Å². The number of allylic oxidation sites excluding steroid dienone is 2. The van der Waals surface area contributed by atoms with Crippen LogP contribution in [0.2, 0.25) is 0 Å². The predicted molar refractivity (Wildman–Crippen MR) is 22.7 cm³/mol. The Morgan fingerprint density at radius 1 is 1.57 bits per heavy atom. The van der Waals surface area contributed by atoms with E-state index in [0.717, 1.165) is 6.08 Å². The molecule has 0 bridgehead atoms. The molecule has 1 nitrogen and oxygen atoms in total. The van der Waals surface area contributed by atoms with Crippen molar-refractivity contribution in [3.05, 3.63) is 24.8 Å². The van der Waals surface area contributed by atoms with Crippen LogP contribution in [0.25, 0.3) is 0 Å². The first-order chi connectivity index (χ1) is 2.81. The molecule has 35 valence electrons. The summed E-state index contributed by atoms with van der Waals surface area (Å²) in [5.74, 6) is 0. The van der Waals surface area contributed by atoms with Crippen LogP contribution >= 0.6 is 0 Å². The molecule has 0 aromatic carbocycles. The van der Waals surface area contributed by atoms with Gasteiger partial charge in [-0.2, -0.15) is 0 Å². The van der Waals surface area contributed by atoms with Crippen molar-refractivity contribution in [2.24, 2.45) is 0 Å². The maximum Gasteiger partial charge on any atom is 0 e. The molecule has 7 heavy (non-hydrogen) atoms. The van der Waals surface area contributed by atoms with Crippen molar-refractivity contribution >= 4 is 6.29 Å². The van der Waals surface area contributed by atoms with Gasteiger partial charge in [-0.1, -0.05) is 0 Å². The zero-order valence-electron chi connectivity index (χ0n) is 3.79. The van der Waals surface area contributed by atoms with Gasteiger partial charge in [-0.25, -0.2) is 0 Å². The number of hydrogen-bond acceptors (Lipinski definition) is 1. The molecule has 0 fully saturated rings. The second-order valence-corrected chi connectivity index (χ2v) is 0.785. The van der Waals surface area contributed by atoms with E-state index in [1.165, 1.54) is 0 Å². The molecule has 0 heterocycles. The summed E-state index contributed by atoms with van der Waals surface area (Å²) in [7, 11) is 0. The van der Waals surface area contributed by atoms with Crippen molar-refractivity contribution in [2.75, 3.05) is 0 Å². The minimum Gasteiger partial charge on any atom is -0.395 e. The number of aldehydes is 1. The minimum atomic E-state index is 0. The summed E-state index contributed by atoms with van der Waals surface area (Å²) in [4.78, 5) is 9.46. The van der Waals surface area contributed by atoms with E-state index in [4.69, 9.17) is 13.2 Å². The monoisotopic (exact) mass is 169 g/mol. The van der Waals surface area contributed by atoms with Crippen molar-refractivity contribution < 1.29 is 37.5 Å². The number of hydrogen-bond donors (Lipinski definition) is 0. The van der Waals surface area contributed by atoms with E-state index in [9.17, 15) is 4.79 Å². The van der Waals surface area contributed by atoms with Gasteiger partial charge in [0.1, 0.15) is 0 Å². The van der Waals surface area contributed by atoms with Gasteiger partial charge in [-0.3, -0.25) is 0 Å². The Labute approximate surface area is 68.4 Å². The molecule has 0 atom stereocenters. The largest absolute Gasteiger partial charge is 0.395 e. The van der Waals surface area contributed by atoms with Crippen LogP contribution in [0.1, 0.15) is 0 Å². The smallest absolute Gasteiger partial charge is 0 e. The Balaban J connectivity index is 0. The van der Waals surface area contributed by atoms with Crippen LogP contribution in [0.4, 0.5) is 0 Å². The third kappa shape index (κ3) is 6.25. The maximum absolute atomic E-state index is 9.46. The summed E-state index contributed by atoms with van der Waals surface area (Å²) in [6, 6.07) is 0. The molecule has 0 saturated heterocycles. The normalized spacial score (nSPS) is 5.71. The molecule has 0 aromatic rings. The topological polar surface area (TPSA) is 17.1 Å². The molecule has 0 spiro atoms. The fourth-order valence-corrected chi connectivity index (χ4v) is 0.0393. The van der Waals surface area contributed by atoms with Gasteiger partial charge in [0.05, 0.1) is 0 Å². The molecule has 0 N–H and O–H groups in total. The van der Waals surface area contributed by atoms with E-state index < -0.39 is 0 Å². The minimum absolute atomic E-state index is 0. The van der Waals surface area contributed by atoms with Gasteiger partial charge in [0.15, 0.2) is 0 Å². The van der Waals surface area contributed by atoms with E-state index in [1.807, 2.05) is 0 Å². The zero-order chi connectivity index (χ0) is 4.99. The molecule has 0 unspecified atom stereocenters. The van der Waals surface area contributed by atoms with Crippen molar-refractivity contribution in [3.8, 4) is 0 Å². The molecule has 0 saturated carbocycles. The first-order valence-corrected chi connectivity index (χ1v) is 1.44. The summed E-state index contributed by atoms with van der Waals surface area (Å²) in [6.45, 7) is 9.60. The molecular weight excluding hydrogens is 165 g/mol. The van der Waals surface area contributed by atoms with Gasteiger partial charge in [0, 0.05) is 32.7 Å². The van der Waals surface area contributed by atoms with E-state index >= 15 is 0 Å². The first kappa shape index (κ1) is 10.3. The summed E-state index contributed by atoms with van der Waals surface area (Å²) in [5.41, 5.74) is 0.0648. The first-order valence-electron chi connectivity index (χ1n) is 1.44. The van der Waals surface area contributed by atoms with Crippen LogP contribution in [0, 0.1) is 13.2 Å². The summed E-state index contributed by atoms with van der Waals surface area (Å²) in [6.07, 6.45) is 1.53. The van der Waals surface area contributed by atoms with Crippen molar-refractivity contribution in [2.45, 2.75) is 0 Å². The summed E-state index contributed by atoms with van der Waals surface area (Å²) in [5, 5.41) is 0. The van der Waals surface area contributed by atoms with Gasteiger partial charge in [0.25, 0.3) is 0 Å². The Morgan fingerprint density at radius 2 is 2.00 bits per heavy atom. The predicted octanol–water partition coefficient (Wildman–Crippen LogP) is 0.531. The number of carbonyl (C=O) groups is 1. The third-order valence-corrected chi connectivity index (χ3v) is 0.329. The number of rotatable bonds is 2. The van der Waals surface area contributed by atoms with E-state index in [0.29, 0.717) is 6.29 Å². The molecule has 0 aliphatic carbocycles. The average Bonchev–Trinajstić information content (AvgIpc) is 1.65. The second kappa shape index (κ2) is 6.25. The van der Waals surface area contributed by atoms with Crippen LogP contribution < -0.4 is 0 Å². The van der Waals surface area contributed by atoms with Gasteiger partial charge in [-0.15, -0.1) is 0 Å². The van der Waals surface area contributed by atoms with Gasteiger partial charge in [0.2, 0.25) is 0 Å². The molecule has 0 aromatic heterocycles. The molecule has 1 radical (unpaired) electrons. The van der Waals surface area contributed by atoms with Crippen LogP contribution in [0.3, 0.4) is 0 Å². The average molecular weight is 169 g/mol. The van der Waals surface area contributed by atoms with Gasteiger partial charge >= 0.3 is 0 Å². The number of carbonyl (C=O) groups excluding carboxylic acids is 1. The van der Waals surface area contributed by atoms with Crippen molar-refractivity contribution in [1.82, 2.24) is 0 Å². The Bertz CT molecular complexity index is 76.1. The Hall–Kier alpha value is 0.254. The molecule has 0 rings (SSSR count). The van der Waals surface area contributed by atoms with Gasteiger partial charge < -0.3 is 29.6 Å². The third-order valence-electron chi connectivity index (χ3n) is 0.329. The summed E-state index contributed by atoms with van der Waals surface area (Å²) < 4.78 is 0. The quantitative estimate of drug-likeness (QED) is 0.255. The standard InChI is InChI=1S/C5H4O.Y/c1-3-5(2)4-6;/h1-4H;/q-2;. The molecule has 0 aliphatic rings. The molecule has 0 aliphatic heterocycles. The van der Waals surface area contributed by atoms with Crippen LogP contribution in [0.15, 0.2) is 11.6 Å². The van der Waals surface area contributed by atoms with E-state index in [2.05, 4.69) is 0 Å². The summed E-state index contributed by atoms with van der Waals surface area (Å²) >= 11 is 0. The Kier molecular flexibility index (Phi) is 9.18. The fraction of sp³-hybridized carbons (Fsp3) is 0. The molecule has 0 amide bonds. The van der Waals surface area contributed by atoms with Crippen molar-refractivity contribution in [3.63, 3.8) is 0 Å². The molecular formula is C5H4OY-2. The zero-order valence-corrected chi connectivity index (χ0v) is 6.63. The maximum atomic E-state index is 9.46. The van der Waals surface area contributed by atoms with Crippen LogP contribution in [-0.4, -0.2) is 6.29 Å². The van der Waals surface area contributed by atoms with Crippen LogP contribution in [0.5, 0.6) is 0 Å².